The second-order valence-corrected chi connectivity index (χ2v) is 10.9. The van der Waals surface area contributed by atoms with E-state index in [0.29, 0.717) is 11.1 Å². The van der Waals surface area contributed by atoms with Crippen molar-refractivity contribution in [3.05, 3.63) is 10.6 Å². The number of hydrogen-bond acceptors (Lipinski definition) is 6. The van der Waals surface area contributed by atoms with E-state index in [1.807, 2.05) is 20.8 Å². The molecule has 3 rings (SSSR count). The van der Waals surface area contributed by atoms with Crippen molar-refractivity contribution >= 4 is 17.4 Å². The molecular formula is C22H35F2N3O3S. The molecule has 0 unspecified atom stereocenters. The molecule has 31 heavy (non-hydrogen) atoms. The molecule has 1 saturated carbocycles. The molecule has 1 amide bonds. The third-order valence-corrected chi connectivity index (χ3v) is 6.73. The summed E-state index contributed by atoms with van der Waals surface area (Å²) in [5.74, 6) is -2.18. The van der Waals surface area contributed by atoms with Gasteiger partial charge in [0.1, 0.15) is 5.60 Å². The van der Waals surface area contributed by atoms with Crippen LogP contribution >= 0.6 is 11.3 Å². The van der Waals surface area contributed by atoms with Gasteiger partial charge in [-0.3, -0.25) is 4.90 Å². The van der Waals surface area contributed by atoms with Gasteiger partial charge in [-0.25, -0.2) is 18.6 Å². The highest BCUT2D eigenvalue weighted by atomic mass is 32.1. The maximum atomic E-state index is 13.0. The molecule has 0 atom stereocenters. The monoisotopic (exact) mass is 459 g/mol. The number of nitrogens with zero attached hydrogens (tertiary/aromatic N) is 2. The molecule has 0 spiro atoms. The van der Waals surface area contributed by atoms with Gasteiger partial charge in [0.2, 0.25) is 0 Å². The summed E-state index contributed by atoms with van der Waals surface area (Å²) in [6.45, 7) is 8.57. The first-order valence-corrected chi connectivity index (χ1v) is 12.0. The van der Waals surface area contributed by atoms with Gasteiger partial charge in [0.25, 0.3) is 11.1 Å². The first kappa shape index (κ1) is 24.2. The number of carbonyl (C=O) groups is 1. The lowest BCUT2D eigenvalue weighted by atomic mass is 9.84. The minimum Gasteiger partial charge on any atom is -0.464 e. The van der Waals surface area contributed by atoms with E-state index in [-0.39, 0.29) is 12.1 Å². The van der Waals surface area contributed by atoms with Crippen molar-refractivity contribution < 1.29 is 23.0 Å². The maximum absolute atomic E-state index is 13.0. The topological polar surface area (TPSA) is 63.7 Å². The first-order chi connectivity index (χ1) is 14.5. The fourth-order valence-corrected chi connectivity index (χ4v) is 5.01. The number of hydrogen-bond donors (Lipinski definition) is 1. The molecule has 176 valence electrons. The third kappa shape index (κ3) is 8.18. The minimum absolute atomic E-state index is 0.201. The number of nitrogens with one attached hydrogen (secondary N) is 1. The van der Waals surface area contributed by atoms with E-state index in [1.54, 1.807) is 0 Å². The second-order valence-electron chi connectivity index (χ2n) is 9.89. The smallest absolute Gasteiger partial charge is 0.407 e. The Balaban J connectivity index is 1.37. The molecule has 1 aliphatic heterocycles. The van der Waals surface area contributed by atoms with Crippen LogP contribution in [0.25, 0.3) is 0 Å². The van der Waals surface area contributed by atoms with E-state index in [9.17, 15) is 13.6 Å². The van der Waals surface area contributed by atoms with E-state index in [1.165, 1.54) is 11.3 Å². The van der Waals surface area contributed by atoms with Gasteiger partial charge in [-0.1, -0.05) is 11.3 Å². The number of alkyl halides is 2. The van der Waals surface area contributed by atoms with Crippen molar-refractivity contribution in [2.75, 3.05) is 19.7 Å². The van der Waals surface area contributed by atoms with Gasteiger partial charge in [-0.15, -0.1) is 0 Å². The zero-order valence-corrected chi connectivity index (χ0v) is 19.8. The Labute approximate surface area is 187 Å². The normalized spacial score (nSPS) is 22.6. The lowest BCUT2D eigenvalue weighted by Crippen LogP contribution is -2.41. The van der Waals surface area contributed by atoms with Crippen molar-refractivity contribution in [1.82, 2.24) is 15.2 Å². The summed E-state index contributed by atoms with van der Waals surface area (Å²) in [7, 11) is 0. The number of thiazole rings is 1. The molecule has 6 nitrogen and oxygen atoms in total. The summed E-state index contributed by atoms with van der Waals surface area (Å²) < 4.78 is 36.5. The van der Waals surface area contributed by atoms with E-state index >= 15 is 0 Å². The molecule has 0 radical (unpaired) electrons. The fraction of sp³-hybridized carbons (Fsp3) is 0.818. The number of ether oxygens (including phenoxy) is 2. The zero-order chi connectivity index (χ0) is 22.6. The molecule has 2 heterocycles. The van der Waals surface area contributed by atoms with Gasteiger partial charge in [0, 0.05) is 30.9 Å². The van der Waals surface area contributed by atoms with Crippen LogP contribution < -0.4 is 10.1 Å². The van der Waals surface area contributed by atoms with Crippen LogP contribution in [-0.4, -0.2) is 53.2 Å². The number of aromatic nitrogens is 1. The Kier molecular flexibility index (Phi) is 7.78. The summed E-state index contributed by atoms with van der Waals surface area (Å²) in [5, 5.41) is 3.35. The number of amides is 1. The standard InChI is InChI=1S/C22H35F2N3O3S/c1-21(2,3)30-19(28)25-16-7-5-15(6-8-16)9-11-27-12-10-18-17(13-27)26-20(31-18)29-14-22(4,23)24/h15-16H,5-14H2,1-4H3,(H,25,28). The Morgan fingerprint density at radius 3 is 2.58 bits per heavy atom. The molecule has 1 N–H and O–H groups in total. The minimum atomic E-state index is -2.85. The number of fused-ring (bicyclic) bond motifs is 1. The van der Waals surface area contributed by atoms with Crippen molar-refractivity contribution in [3.63, 3.8) is 0 Å². The van der Waals surface area contributed by atoms with Crippen molar-refractivity contribution in [1.29, 1.82) is 0 Å². The summed E-state index contributed by atoms with van der Waals surface area (Å²) >= 11 is 1.39. The van der Waals surface area contributed by atoms with Crippen LogP contribution in [-0.2, 0) is 17.7 Å². The summed E-state index contributed by atoms with van der Waals surface area (Å²) in [6.07, 6.45) is 5.90. The lowest BCUT2D eigenvalue weighted by Gasteiger charge is -2.32. The van der Waals surface area contributed by atoms with Crippen LogP contribution in [0, 0.1) is 5.92 Å². The molecule has 1 aromatic heterocycles. The Morgan fingerprint density at radius 2 is 1.94 bits per heavy atom. The van der Waals surface area contributed by atoms with Gasteiger partial charge in [-0.2, -0.15) is 0 Å². The van der Waals surface area contributed by atoms with Crippen molar-refractivity contribution in [2.24, 2.45) is 5.92 Å². The second kappa shape index (κ2) is 9.98. The van der Waals surface area contributed by atoms with E-state index < -0.39 is 18.1 Å². The number of alkyl carbamates (subject to hydrolysis) is 1. The molecule has 1 aromatic rings. The number of rotatable bonds is 7. The lowest BCUT2D eigenvalue weighted by molar-refractivity contribution is -0.0230. The first-order valence-electron chi connectivity index (χ1n) is 11.2. The van der Waals surface area contributed by atoms with Crippen LogP contribution in [0.15, 0.2) is 0 Å². The van der Waals surface area contributed by atoms with Gasteiger partial charge < -0.3 is 14.8 Å². The van der Waals surface area contributed by atoms with Crippen LogP contribution in [0.4, 0.5) is 13.6 Å². The summed E-state index contributed by atoms with van der Waals surface area (Å²) in [4.78, 5) is 19.9. The summed E-state index contributed by atoms with van der Waals surface area (Å²) in [5.41, 5.74) is 0.497. The van der Waals surface area contributed by atoms with Crippen LogP contribution in [0.3, 0.4) is 0 Å². The third-order valence-electron chi connectivity index (χ3n) is 5.66. The Hall–Kier alpha value is -1.48. The number of carbonyl (C=O) groups excluding carboxylic acids is 1. The zero-order valence-electron chi connectivity index (χ0n) is 19.0. The predicted octanol–water partition coefficient (Wildman–Crippen LogP) is 5.01. The average molecular weight is 460 g/mol. The highest BCUT2D eigenvalue weighted by molar-refractivity contribution is 7.13. The maximum Gasteiger partial charge on any atom is 0.407 e. The number of halogens is 2. The molecular weight excluding hydrogens is 424 g/mol. The highest BCUT2D eigenvalue weighted by Gasteiger charge is 2.27. The fourth-order valence-electron chi connectivity index (χ4n) is 4.10. The van der Waals surface area contributed by atoms with Gasteiger partial charge in [0.15, 0.2) is 6.61 Å². The predicted molar refractivity (Wildman–Crippen MR) is 117 cm³/mol. The molecule has 1 aliphatic carbocycles. The van der Waals surface area contributed by atoms with Crippen LogP contribution in [0.2, 0.25) is 0 Å². The molecule has 9 heteroatoms. The Morgan fingerprint density at radius 1 is 1.23 bits per heavy atom. The quantitative estimate of drug-likeness (QED) is 0.621. The molecule has 0 saturated heterocycles. The van der Waals surface area contributed by atoms with Crippen LogP contribution in [0.5, 0.6) is 5.19 Å². The average Bonchev–Trinajstić information content (AvgIpc) is 3.06. The van der Waals surface area contributed by atoms with E-state index in [2.05, 4.69) is 15.2 Å². The summed E-state index contributed by atoms with van der Waals surface area (Å²) in [6, 6.07) is 0.201. The largest absolute Gasteiger partial charge is 0.464 e. The molecule has 0 bridgehead atoms. The van der Waals surface area contributed by atoms with Crippen LogP contribution in [0.1, 0.15) is 70.4 Å². The van der Waals surface area contributed by atoms with E-state index in [4.69, 9.17) is 9.47 Å². The Bertz CT molecular complexity index is 737. The highest BCUT2D eigenvalue weighted by Crippen LogP contribution is 2.32. The molecule has 0 aromatic carbocycles. The SMILES string of the molecule is CC(F)(F)COc1nc2c(s1)CCN(CCC1CCC(NC(=O)OC(C)(C)C)CC1)C2. The molecule has 1 fully saturated rings. The van der Waals surface area contributed by atoms with Gasteiger partial charge in [-0.05, 0) is 71.8 Å². The van der Waals surface area contributed by atoms with Crippen molar-refractivity contribution in [2.45, 2.75) is 90.3 Å². The van der Waals surface area contributed by atoms with Gasteiger partial charge in [0.05, 0.1) is 5.69 Å². The van der Waals surface area contributed by atoms with Gasteiger partial charge >= 0.3 is 6.09 Å². The van der Waals surface area contributed by atoms with Crippen molar-refractivity contribution in [3.8, 4) is 5.19 Å². The molecule has 2 aliphatic rings. The van der Waals surface area contributed by atoms with E-state index in [0.717, 1.165) is 75.7 Å².